The predicted octanol–water partition coefficient (Wildman–Crippen LogP) is 5.34. The molecule has 2 aromatic rings. The number of hydrazine groups is 1. The number of alkyl halides is 4. The zero-order valence-electron chi connectivity index (χ0n) is 25.6. The fourth-order valence-electron chi connectivity index (χ4n) is 8.67. The van der Waals surface area contributed by atoms with Gasteiger partial charge in [0, 0.05) is 43.4 Å². The number of halogens is 4. The minimum atomic E-state index is -4.56. The number of pyridine rings is 1. The smallest absolute Gasteiger partial charge is 0.372 e. The quantitative estimate of drug-likeness (QED) is 0.381. The molecule has 2 N–H and O–H groups in total. The molecule has 2 aromatic heterocycles. The lowest BCUT2D eigenvalue weighted by Gasteiger charge is -2.46. The van der Waals surface area contributed by atoms with E-state index in [2.05, 4.69) is 27.7 Å². The van der Waals surface area contributed by atoms with Gasteiger partial charge in [-0.3, -0.25) is 18.8 Å². The fourth-order valence-corrected chi connectivity index (χ4v) is 8.92. The molecular formula is C32H46ClF3N6O2. The van der Waals surface area contributed by atoms with Gasteiger partial charge < -0.3 is 4.74 Å². The van der Waals surface area contributed by atoms with Gasteiger partial charge in [-0.25, -0.2) is 15.6 Å². The molecule has 5 aliphatic rings. The maximum atomic E-state index is 14.4. The Morgan fingerprint density at radius 3 is 2.39 bits per heavy atom. The SMILES string of the molecule is CN1CNNC1[C@H](C1CCC1)C1CCCC(n2cc3c(C(F)(F)F)cc(CN4CC(OC5CCC(Cl)CC5)C4)cn3c2=O)C1. The zero-order valence-corrected chi connectivity index (χ0v) is 26.3. The van der Waals surface area contributed by atoms with Gasteiger partial charge in [0.1, 0.15) is 0 Å². The van der Waals surface area contributed by atoms with E-state index in [0.717, 1.165) is 58.0 Å². The van der Waals surface area contributed by atoms with Crippen LogP contribution >= 0.6 is 11.6 Å². The van der Waals surface area contributed by atoms with Gasteiger partial charge in [0.2, 0.25) is 0 Å². The molecule has 0 spiro atoms. The molecule has 0 aromatic carbocycles. The standard InChI is InChI=1S/C32H46ClF3N6O2/c1-39-19-37-38-30(39)29(21-4-2-5-21)22-6-3-7-24(13-22)41-18-28-27(32(34,35)36)12-20(15-42(28)31(41)43)14-40-16-26(17-40)44-25-10-8-23(33)9-11-25/h12,15,18,21-26,29-30,37-38H,2-11,13-14,16-17,19H2,1H3/t22?,23?,24?,25?,29-,30?/m1/s1. The second kappa shape index (κ2) is 12.5. The van der Waals surface area contributed by atoms with Crippen molar-refractivity contribution in [2.24, 2.45) is 17.8 Å². The van der Waals surface area contributed by atoms with Crippen LogP contribution in [0.4, 0.5) is 13.2 Å². The summed E-state index contributed by atoms with van der Waals surface area (Å²) in [7, 11) is 2.13. The molecule has 2 aliphatic heterocycles. The molecule has 7 rings (SSSR count). The van der Waals surface area contributed by atoms with Crippen molar-refractivity contribution in [2.75, 3.05) is 26.8 Å². The van der Waals surface area contributed by atoms with Gasteiger partial charge in [0.05, 0.1) is 36.1 Å². The monoisotopic (exact) mass is 638 g/mol. The van der Waals surface area contributed by atoms with Gasteiger partial charge in [-0.2, -0.15) is 13.2 Å². The van der Waals surface area contributed by atoms with Crippen LogP contribution in [0, 0.1) is 17.8 Å². The minimum Gasteiger partial charge on any atom is -0.372 e. The first-order chi connectivity index (χ1) is 21.1. The number of aromatic nitrogens is 2. The number of hydrogen-bond donors (Lipinski definition) is 2. The highest BCUT2D eigenvalue weighted by Crippen LogP contribution is 2.47. The Kier molecular flexibility index (Phi) is 8.82. The highest BCUT2D eigenvalue weighted by molar-refractivity contribution is 6.20. The summed E-state index contributed by atoms with van der Waals surface area (Å²) in [5.41, 5.74) is 6.11. The maximum absolute atomic E-state index is 14.4. The summed E-state index contributed by atoms with van der Waals surface area (Å²) < 4.78 is 52.3. The first kappa shape index (κ1) is 31.0. The average molecular weight is 639 g/mol. The Balaban J connectivity index is 1.08. The van der Waals surface area contributed by atoms with Crippen LogP contribution in [-0.4, -0.2) is 69.3 Å². The molecule has 44 heavy (non-hydrogen) atoms. The zero-order chi connectivity index (χ0) is 30.6. The number of imidazole rings is 1. The third kappa shape index (κ3) is 6.21. The molecular weight excluding hydrogens is 593 g/mol. The maximum Gasteiger partial charge on any atom is 0.418 e. The van der Waals surface area contributed by atoms with Crippen LogP contribution in [0.5, 0.6) is 0 Å². The average Bonchev–Trinajstić information content (AvgIpc) is 3.52. The number of hydrogen-bond acceptors (Lipinski definition) is 6. The van der Waals surface area contributed by atoms with Crippen molar-refractivity contribution in [3.63, 3.8) is 0 Å². The van der Waals surface area contributed by atoms with Gasteiger partial charge >= 0.3 is 11.9 Å². The van der Waals surface area contributed by atoms with Crippen molar-refractivity contribution in [2.45, 2.75) is 113 Å². The van der Waals surface area contributed by atoms with Crippen molar-refractivity contribution in [3.8, 4) is 0 Å². The van der Waals surface area contributed by atoms with E-state index in [1.165, 1.54) is 35.9 Å². The van der Waals surface area contributed by atoms with E-state index in [0.29, 0.717) is 43.0 Å². The minimum absolute atomic E-state index is 0.0509. The summed E-state index contributed by atoms with van der Waals surface area (Å²) in [5.74, 6) is 1.52. The van der Waals surface area contributed by atoms with E-state index in [4.69, 9.17) is 16.3 Å². The van der Waals surface area contributed by atoms with E-state index in [1.807, 2.05) is 0 Å². The van der Waals surface area contributed by atoms with Crippen LogP contribution in [0.3, 0.4) is 0 Å². The van der Waals surface area contributed by atoms with Gasteiger partial charge in [-0.05, 0) is 81.4 Å². The van der Waals surface area contributed by atoms with Crippen LogP contribution in [0.2, 0.25) is 0 Å². The third-order valence-electron chi connectivity index (χ3n) is 11.2. The van der Waals surface area contributed by atoms with Crippen molar-refractivity contribution in [1.82, 2.24) is 29.6 Å². The normalized spacial score (nSPS) is 32.2. The molecule has 0 amide bonds. The summed E-state index contributed by atoms with van der Waals surface area (Å²) in [4.78, 5) is 18.2. The molecule has 4 atom stereocenters. The summed E-state index contributed by atoms with van der Waals surface area (Å²) in [6, 6.07) is 1.13. The summed E-state index contributed by atoms with van der Waals surface area (Å²) in [6.45, 7) is 2.51. The van der Waals surface area contributed by atoms with E-state index in [-0.39, 0.29) is 41.0 Å². The summed E-state index contributed by atoms with van der Waals surface area (Å²) in [5, 5.41) is 0.237. The van der Waals surface area contributed by atoms with Crippen molar-refractivity contribution >= 4 is 17.1 Å². The molecule has 3 saturated carbocycles. The molecule has 8 nitrogen and oxygen atoms in total. The molecule has 0 bridgehead atoms. The molecule has 3 unspecified atom stereocenters. The van der Waals surface area contributed by atoms with E-state index in [9.17, 15) is 18.0 Å². The van der Waals surface area contributed by atoms with Crippen LogP contribution in [-0.2, 0) is 17.5 Å². The Labute approximate surface area is 262 Å². The van der Waals surface area contributed by atoms with Gasteiger partial charge in [0.15, 0.2) is 0 Å². The first-order valence-corrected chi connectivity index (χ1v) is 17.1. The predicted molar refractivity (Wildman–Crippen MR) is 163 cm³/mol. The number of nitrogens with zero attached hydrogens (tertiary/aromatic N) is 4. The third-order valence-corrected chi connectivity index (χ3v) is 11.6. The second-order valence-electron chi connectivity index (χ2n) is 14.2. The van der Waals surface area contributed by atoms with Crippen molar-refractivity contribution < 1.29 is 17.9 Å². The van der Waals surface area contributed by atoms with Gasteiger partial charge in [-0.1, -0.05) is 25.7 Å². The molecule has 244 valence electrons. The van der Waals surface area contributed by atoms with Crippen LogP contribution in [0.15, 0.2) is 23.3 Å². The lowest BCUT2D eigenvalue weighted by Crippen LogP contribution is -2.53. The molecule has 3 aliphatic carbocycles. The first-order valence-electron chi connectivity index (χ1n) is 16.7. The lowest BCUT2D eigenvalue weighted by molar-refractivity contribution is -0.136. The number of rotatable bonds is 8. The fraction of sp³-hybridized carbons (Fsp3) is 0.781. The number of fused-ring (bicyclic) bond motifs is 1. The van der Waals surface area contributed by atoms with E-state index in [1.54, 1.807) is 10.8 Å². The Morgan fingerprint density at radius 1 is 1.00 bits per heavy atom. The van der Waals surface area contributed by atoms with Crippen LogP contribution in [0.1, 0.15) is 87.8 Å². The Bertz CT molecular complexity index is 1360. The van der Waals surface area contributed by atoms with Crippen LogP contribution < -0.4 is 16.5 Å². The molecule has 0 radical (unpaired) electrons. The van der Waals surface area contributed by atoms with Crippen molar-refractivity contribution in [1.29, 1.82) is 0 Å². The van der Waals surface area contributed by atoms with E-state index >= 15 is 0 Å². The summed E-state index contributed by atoms with van der Waals surface area (Å²) >= 11 is 6.21. The lowest BCUT2D eigenvalue weighted by atomic mass is 9.65. The number of ether oxygens (including phenoxy) is 1. The van der Waals surface area contributed by atoms with Gasteiger partial charge in [-0.15, -0.1) is 11.6 Å². The Morgan fingerprint density at radius 2 is 1.73 bits per heavy atom. The Hall–Kier alpha value is -1.63. The highest BCUT2D eigenvalue weighted by atomic mass is 35.5. The van der Waals surface area contributed by atoms with Gasteiger partial charge in [0.25, 0.3) is 0 Å². The molecule has 2 saturated heterocycles. The molecule has 5 fully saturated rings. The largest absolute Gasteiger partial charge is 0.418 e. The van der Waals surface area contributed by atoms with Crippen molar-refractivity contribution in [3.05, 3.63) is 40.1 Å². The molecule has 4 heterocycles. The molecule has 12 heteroatoms. The summed E-state index contributed by atoms with van der Waals surface area (Å²) in [6.07, 6.45) is 10.4. The number of nitrogens with one attached hydrogen (secondary N) is 2. The number of likely N-dealkylation sites (tertiary alicyclic amines) is 1. The van der Waals surface area contributed by atoms with Crippen LogP contribution in [0.25, 0.3) is 5.52 Å². The highest BCUT2D eigenvalue weighted by Gasteiger charge is 2.44. The van der Waals surface area contributed by atoms with E-state index < -0.39 is 11.7 Å². The topological polar surface area (TPSA) is 66.2 Å². The second-order valence-corrected chi connectivity index (χ2v) is 14.8.